The van der Waals surface area contributed by atoms with Crippen LogP contribution in [0, 0.1) is 12.3 Å². The molecule has 0 aliphatic heterocycles. The van der Waals surface area contributed by atoms with E-state index in [9.17, 15) is 9.59 Å². The van der Waals surface area contributed by atoms with Crippen molar-refractivity contribution in [3.8, 4) is 5.69 Å². The van der Waals surface area contributed by atoms with Crippen LogP contribution < -0.4 is 16.4 Å². The quantitative estimate of drug-likeness (QED) is 0.417. The van der Waals surface area contributed by atoms with E-state index in [-0.39, 0.29) is 28.5 Å². The minimum Gasteiger partial charge on any atom is -0.348 e. The zero-order valence-corrected chi connectivity index (χ0v) is 15.8. The highest BCUT2D eigenvalue weighted by molar-refractivity contribution is 5.97. The largest absolute Gasteiger partial charge is 0.348 e. The topological polar surface area (TPSA) is 92.2 Å². The minimum atomic E-state index is -0.449. The van der Waals surface area contributed by atoms with Crippen molar-refractivity contribution in [3.63, 3.8) is 0 Å². The summed E-state index contributed by atoms with van der Waals surface area (Å²) in [7, 11) is 0. The van der Waals surface area contributed by atoms with Crippen LogP contribution in [-0.4, -0.2) is 26.4 Å². The summed E-state index contributed by atoms with van der Waals surface area (Å²) in [5.74, 6) is -0.449. The molecule has 4 aromatic rings. The van der Waals surface area contributed by atoms with E-state index in [4.69, 9.17) is 5.41 Å². The first-order valence-electron chi connectivity index (χ1n) is 9.09. The van der Waals surface area contributed by atoms with Crippen LogP contribution in [0.25, 0.3) is 22.4 Å². The van der Waals surface area contributed by atoms with Crippen molar-refractivity contribution in [3.05, 3.63) is 94.4 Å². The maximum Gasteiger partial charge on any atom is 0.267 e. The molecule has 3 aromatic heterocycles. The predicted molar refractivity (Wildman–Crippen MR) is 111 cm³/mol. The first-order valence-corrected chi connectivity index (χ1v) is 9.09. The Morgan fingerprint density at radius 2 is 2.00 bits per heavy atom. The first kappa shape index (κ1) is 18.4. The molecule has 0 radical (unpaired) electrons. The maximum absolute atomic E-state index is 13.2. The second kappa shape index (κ2) is 7.20. The smallest absolute Gasteiger partial charge is 0.267 e. The summed E-state index contributed by atoms with van der Waals surface area (Å²) < 4.78 is 2.99. The summed E-state index contributed by atoms with van der Waals surface area (Å²) in [6, 6.07) is 14.2. The average molecular weight is 385 g/mol. The van der Waals surface area contributed by atoms with Gasteiger partial charge in [0.25, 0.3) is 11.5 Å². The second-order valence-corrected chi connectivity index (χ2v) is 6.67. The molecule has 0 fully saturated rings. The number of fused-ring (bicyclic) bond motifs is 2. The number of carbonyl (C=O) groups excluding carboxylic acids is 1. The highest BCUT2D eigenvalue weighted by Crippen LogP contribution is 2.15. The van der Waals surface area contributed by atoms with Gasteiger partial charge in [-0.1, -0.05) is 30.3 Å². The maximum atomic E-state index is 13.2. The SMILES string of the molecule is C=CCNC(=O)c1cc2c(=O)n3cc(C)ccc3nc2n(-c2ccccc2)c1=N. The minimum absolute atomic E-state index is 0.0476. The van der Waals surface area contributed by atoms with E-state index in [0.717, 1.165) is 5.56 Å². The number of nitrogens with zero attached hydrogens (tertiary/aromatic N) is 3. The van der Waals surface area contributed by atoms with Crippen molar-refractivity contribution >= 4 is 22.6 Å². The highest BCUT2D eigenvalue weighted by atomic mass is 16.1. The number of carbonyl (C=O) groups is 1. The van der Waals surface area contributed by atoms with Crippen LogP contribution in [0.4, 0.5) is 0 Å². The molecular formula is C22H19N5O2. The summed E-state index contributed by atoms with van der Waals surface area (Å²) in [5.41, 5.74) is 2.11. The van der Waals surface area contributed by atoms with E-state index in [0.29, 0.717) is 17.0 Å². The van der Waals surface area contributed by atoms with Gasteiger partial charge in [0.1, 0.15) is 11.1 Å². The molecule has 0 spiro atoms. The molecule has 3 heterocycles. The average Bonchev–Trinajstić information content (AvgIpc) is 2.73. The lowest BCUT2D eigenvalue weighted by molar-refractivity contribution is 0.0956. The Labute approximate surface area is 166 Å². The van der Waals surface area contributed by atoms with E-state index in [1.54, 1.807) is 18.3 Å². The third kappa shape index (κ3) is 3.12. The van der Waals surface area contributed by atoms with Crippen molar-refractivity contribution in [1.82, 2.24) is 19.3 Å². The van der Waals surface area contributed by atoms with E-state index in [1.165, 1.54) is 15.0 Å². The standard InChI is InChI=1S/C22H19N5O2/c1-3-11-24-21(28)16-12-17-20(27(19(16)23)15-7-5-4-6-8-15)25-18-10-9-14(2)13-26(18)22(17)29/h3-10,12-13,23H,1,11H2,2H3,(H,24,28). The monoisotopic (exact) mass is 385 g/mol. The molecule has 0 atom stereocenters. The summed E-state index contributed by atoms with van der Waals surface area (Å²) in [6.07, 6.45) is 3.27. The molecule has 0 saturated heterocycles. The van der Waals surface area contributed by atoms with E-state index in [2.05, 4.69) is 16.9 Å². The predicted octanol–water partition coefficient (Wildman–Crippen LogP) is 2.34. The summed E-state index contributed by atoms with van der Waals surface area (Å²) in [6.45, 7) is 5.74. The van der Waals surface area contributed by atoms with Gasteiger partial charge in [-0.2, -0.15) is 0 Å². The lowest BCUT2D eigenvalue weighted by atomic mass is 10.1. The molecule has 7 heteroatoms. The van der Waals surface area contributed by atoms with Crippen LogP contribution in [0.1, 0.15) is 15.9 Å². The zero-order chi connectivity index (χ0) is 20.5. The Bertz CT molecular complexity index is 1380. The normalized spacial score (nSPS) is 10.9. The molecule has 4 rings (SSSR count). The number of hydrogen-bond acceptors (Lipinski definition) is 4. The molecular weight excluding hydrogens is 366 g/mol. The molecule has 1 aromatic carbocycles. The van der Waals surface area contributed by atoms with Crippen LogP contribution in [0.5, 0.6) is 0 Å². The summed E-state index contributed by atoms with van der Waals surface area (Å²) in [5, 5.41) is 11.6. The Kier molecular flexibility index (Phi) is 4.56. The van der Waals surface area contributed by atoms with Crippen molar-refractivity contribution in [1.29, 1.82) is 5.41 Å². The van der Waals surface area contributed by atoms with Gasteiger partial charge in [-0.3, -0.25) is 24.0 Å². The third-order valence-corrected chi connectivity index (χ3v) is 4.63. The Hall–Kier alpha value is -4.00. The zero-order valence-electron chi connectivity index (χ0n) is 15.8. The van der Waals surface area contributed by atoms with Gasteiger partial charge >= 0.3 is 0 Å². The molecule has 0 aliphatic carbocycles. The molecule has 0 aliphatic rings. The van der Waals surface area contributed by atoms with Gasteiger partial charge in [-0.25, -0.2) is 4.98 Å². The number of nitrogens with one attached hydrogen (secondary N) is 2. The van der Waals surface area contributed by atoms with Gasteiger partial charge in [0.05, 0.1) is 10.9 Å². The number of amides is 1. The number of para-hydroxylation sites is 1. The molecule has 1 amide bonds. The number of rotatable bonds is 4. The number of aryl methyl sites for hydroxylation is 1. The highest BCUT2D eigenvalue weighted by Gasteiger charge is 2.18. The number of hydrogen-bond donors (Lipinski definition) is 2. The Morgan fingerprint density at radius 1 is 1.24 bits per heavy atom. The van der Waals surface area contributed by atoms with Crippen LogP contribution in [0.3, 0.4) is 0 Å². The fraction of sp³-hybridized carbons (Fsp3) is 0.0909. The van der Waals surface area contributed by atoms with Gasteiger partial charge in [0.15, 0.2) is 5.65 Å². The molecule has 2 N–H and O–H groups in total. The third-order valence-electron chi connectivity index (χ3n) is 4.63. The molecule has 7 nitrogen and oxygen atoms in total. The summed E-state index contributed by atoms with van der Waals surface area (Å²) in [4.78, 5) is 30.5. The number of benzene rings is 1. The van der Waals surface area contributed by atoms with E-state index >= 15 is 0 Å². The lowest BCUT2D eigenvalue weighted by Gasteiger charge is -2.14. The molecule has 144 valence electrons. The van der Waals surface area contributed by atoms with Crippen LogP contribution in [-0.2, 0) is 0 Å². The molecule has 0 saturated carbocycles. The van der Waals surface area contributed by atoms with Crippen molar-refractivity contribution in [2.24, 2.45) is 0 Å². The lowest BCUT2D eigenvalue weighted by Crippen LogP contribution is -2.34. The summed E-state index contributed by atoms with van der Waals surface area (Å²) >= 11 is 0. The van der Waals surface area contributed by atoms with Gasteiger partial charge in [-0.05, 0) is 36.8 Å². The van der Waals surface area contributed by atoms with E-state index in [1.807, 2.05) is 43.3 Å². The van der Waals surface area contributed by atoms with Crippen LogP contribution >= 0.6 is 0 Å². The number of pyridine rings is 2. The fourth-order valence-electron chi connectivity index (χ4n) is 3.24. The van der Waals surface area contributed by atoms with Crippen LogP contribution in [0.15, 0.2) is 72.2 Å². The van der Waals surface area contributed by atoms with Gasteiger partial charge in [-0.15, -0.1) is 6.58 Å². The first-order chi connectivity index (χ1) is 14.0. The van der Waals surface area contributed by atoms with Crippen molar-refractivity contribution in [2.75, 3.05) is 6.54 Å². The van der Waals surface area contributed by atoms with Gasteiger partial charge < -0.3 is 5.32 Å². The number of aromatic nitrogens is 3. The van der Waals surface area contributed by atoms with Crippen molar-refractivity contribution < 1.29 is 4.79 Å². The fourth-order valence-corrected chi connectivity index (χ4v) is 3.24. The van der Waals surface area contributed by atoms with E-state index < -0.39 is 5.91 Å². The molecule has 0 unspecified atom stereocenters. The van der Waals surface area contributed by atoms with Gasteiger partial charge in [0.2, 0.25) is 0 Å². The van der Waals surface area contributed by atoms with Crippen LogP contribution in [0.2, 0.25) is 0 Å². The second-order valence-electron chi connectivity index (χ2n) is 6.67. The Balaban J connectivity index is 2.15. The molecule has 0 bridgehead atoms. The molecule has 29 heavy (non-hydrogen) atoms. The van der Waals surface area contributed by atoms with Crippen molar-refractivity contribution in [2.45, 2.75) is 6.92 Å². The van der Waals surface area contributed by atoms with Gasteiger partial charge in [0, 0.05) is 18.4 Å². The Morgan fingerprint density at radius 3 is 2.72 bits per heavy atom.